The average Bonchev–Trinajstić information content (AvgIpc) is 2.54. The molecule has 2 rings (SSSR count). The van der Waals surface area contributed by atoms with Gasteiger partial charge in [-0.2, -0.15) is 0 Å². The highest BCUT2D eigenvalue weighted by atomic mass is 79.9. The third-order valence-electron chi connectivity index (χ3n) is 2.22. The van der Waals surface area contributed by atoms with E-state index in [0.717, 1.165) is 21.2 Å². The number of nitrogens with one attached hydrogen (secondary N) is 1. The van der Waals surface area contributed by atoms with Gasteiger partial charge in [-0.25, -0.2) is 0 Å². The van der Waals surface area contributed by atoms with Gasteiger partial charge in [0.1, 0.15) is 0 Å². The lowest BCUT2D eigenvalue weighted by Crippen LogP contribution is -1.82. The fourth-order valence-electron chi connectivity index (χ4n) is 1.54. The van der Waals surface area contributed by atoms with Crippen molar-refractivity contribution < 1.29 is 0 Å². The molecule has 14 heavy (non-hydrogen) atoms. The van der Waals surface area contributed by atoms with Crippen LogP contribution in [0.1, 0.15) is 11.3 Å². The van der Waals surface area contributed by atoms with E-state index in [1.165, 1.54) is 16.6 Å². The van der Waals surface area contributed by atoms with Crippen molar-refractivity contribution in [1.29, 1.82) is 0 Å². The Morgan fingerprint density at radius 2 is 2.00 bits per heavy atom. The summed E-state index contributed by atoms with van der Waals surface area (Å²) in [6.07, 6.45) is 0. The van der Waals surface area contributed by atoms with Crippen LogP contribution in [0.5, 0.6) is 0 Å². The molecule has 4 heteroatoms. The molecule has 1 heterocycles. The highest BCUT2D eigenvalue weighted by molar-refractivity contribution is 9.09. The van der Waals surface area contributed by atoms with Gasteiger partial charge in [0.15, 0.2) is 0 Å². The lowest BCUT2D eigenvalue weighted by molar-refractivity contribution is 1.23. The molecule has 1 aromatic carbocycles. The van der Waals surface area contributed by atoms with Gasteiger partial charge in [0.25, 0.3) is 0 Å². The third kappa shape index (κ3) is 1.73. The van der Waals surface area contributed by atoms with Gasteiger partial charge in [-0.3, -0.25) is 0 Å². The molecule has 0 saturated carbocycles. The minimum Gasteiger partial charge on any atom is -0.357 e. The molecule has 0 aliphatic carbocycles. The molecular weight excluding hydrogens is 329 g/mol. The molecule has 2 aromatic rings. The minimum absolute atomic E-state index is 0.778. The SMILES string of the molecule is Clc1ccc2[nH]c(CBr)c(CBr)c2c1. The van der Waals surface area contributed by atoms with Gasteiger partial charge < -0.3 is 4.98 Å². The summed E-state index contributed by atoms with van der Waals surface area (Å²) in [4.78, 5) is 3.36. The Bertz CT molecular complexity index is 464. The van der Waals surface area contributed by atoms with Crippen LogP contribution >= 0.6 is 43.5 Å². The van der Waals surface area contributed by atoms with Gasteiger partial charge in [0.2, 0.25) is 0 Å². The van der Waals surface area contributed by atoms with E-state index >= 15 is 0 Å². The summed E-state index contributed by atoms with van der Waals surface area (Å²) in [6, 6.07) is 5.91. The van der Waals surface area contributed by atoms with E-state index in [9.17, 15) is 0 Å². The van der Waals surface area contributed by atoms with Crippen LogP contribution in [0.15, 0.2) is 18.2 Å². The predicted molar refractivity (Wildman–Crippen MR) is 68.6 cm³/mol. The first-order valence-corrected chi connectivity index (χ1v) is 6.79. The Morgan fingerprint density at radius 1 is 1.21 bits per heavy atom. The molecule has 1 N–H and O–H groups in total. The molecule has 0 spiro atoms. The number of benzene rings is 1. The standard InChI is InChI=1S/C10H8Br2ClN/c11-4-8-7-3-6(13)1-2-9(7)14-10(8)5-12/h1-3,14H,4-5H2. The van der Waals surface area contributed by atoms with Crippen LogP contribution in [0.2, 0.25) is 5.02 Å². The van der Waals surface area contributed by atoms with Crippen molar-refractivity contribution in [2.24, 2.45) is 0 Å². The van der Waals surface area contributed by atoms with Crippen molar-refractivity contribution in [1.82, 2.24) is 4.98 Å². The van der Waals surface area contributed by atoms with Gasteiger partial charge in [-0.05, 0) is 23.8 Å². The zero-order valence-corrected chi connectivity index (χ0v) is 11.2. The van der Waals surface area contributed by atoms with Crippen molar-refractivity contribution in [3.8, 4) is 0 Å². The maximum absolute atomic E-state index is 5.96. The lowest BCUT2D eigenvalue weighted by atomic mass is 10.1. The zero-order valence-electron chi connectivity index (χ0n) is 7.28. The number of aromatic amines is 1. The normalized spacial score (nSPS) is 11.1. The van der Waals surface area contributed by atoms with Crippen LogP contribution in [0.3, 0.4) is 0 Å². The molecule has 0 aliphatic heterocycles. The Labute approximate surface area is 104 Å². The Morgan fingerprint density at radius 3 is 2.64 bits per heavy atom. The maximum atomic E-state index is 5.96. The van der Waals surface area contributed by atoms with Crippen LogP contribution in [-0.2, 0) is 10.7 Å². The number of H-pyrrole nitrogens is 1. The van der Waals surface area contributed by atoms with E-state index in [2.05, 4.69) is 36.8 Å². The van der Waals surface area contributed by atoms with E-state index in [1.54, 1.807) is 0 Å². The van der Waals surface area contributed by atoms with Crippen molar-refractivity contribution in [3.05, 3.63) is 34.5 Å². The van der Waals surface area contributed by atoms with E-state index in [-0.39, 0.29) is 0 Å². The average molecular weight is 337 g/mol. The molecule has 0 saturated heterocycles. The van der Waals surface area contributed by atoms with Crippen LogP contribution in [0, 0.1) is 0 Å². The summed E-state index contributed by atoms with van der Waals surface area (Å²) < 4.78 is 0. The van der Waals surface area contributed by atoms with Gasteiger partial charge in [0.05, 0.1) is 0 Å². The number of hydrogen-bond donors (Lipinski definition) is 1. The second-order valence-corrected chi connectivity index (χ2v) is 4.60. The fourth-order valence-corrected chi connectivity index (χ4v) is 2.83. The number of alkyl halides is 2. The van der Waals surface area contributed by atoms with E-state index < -0.39 is 0 Å². The summed E-state index contributed by atoms with van der Waals surface area (Å²) in [7, 11) is 0. The first-order valence-electron chi connectivity index (χ1n) is 4.17. The van der Waals surface area contributed by atoms with E-state index in [1.807, 2.05) is 18.2 Å². The Balaban J connectivity index is 2.74. The highest BCUT2D eigenvalue weighted by Crippen LogP contribution is 2.28. The second kappa shape index (κ2) is 4.25. The Hall–Kier alpha value is 0.01000. The monoisotopic (exact) mass is 335 g/mol. The third-order valence-corrected chi connectivity index (χ3v) is 3.58. The first-order chi connectivity index (χ1) is 6.76. The molecule has 0 radical (unpaired) electrons. The molecular formula is C10H8Br2ClN. The van der Waals surface area contributed by atoms with Crippen LogP contribution in [0.25, 0.3) is 10.9 Å². The number of halogens is 3. The van der Waals surface area contributed by atoms with Gasteiger partial charge in [-0.15, -0.1) is 0 Å². The molecule has 1 nitrogen and oxygen atoms in total. The van der Waals surface area contributed by atoms with Crippen molar-refractivity contribution in [3.63, 3.8) is 0 Å². The van der Waals surface area contributed by atoms with Gasteiger partial charge >= 0.3 is 0 Å². The highest BCUT2D eigenvalue weighted by Gasteiger charge is 2.09. The topological polar surface area (TPSA) is 15.8 Å². The summed E-state index contributed by atoms with van der Waals surface area (Å²) >= 11 is 12.9. The van der Waals surface area contributed by atoms with Crippen LogP contribution < -0.4 is 0 Å². The van der Waals surface area contributed by atoms with Crippen molar-refractivity contribution in [2.45, 2.75) is 10.7 Å². The number of rotatable bonds is 2. The number of aromatic nitrogens is 1. The molecule has 0 amide bonds. The van der Waals surface area contributed by atoms with Gasteiger partial charge in [-0.1, -0.05) is 43.5 Å². The van der Waals surface area contributed by atoms with Crippen molar-refractivity contribution >= 4 is 54.4 Å². The second-order valence-electron chi connectivity index (χ2n) is 3.04. The lowest BCUT2D eigenvalue weighted by Gasteiger charge is -1.96. The fraction of sp³-hybridized carbons (Fsp3) is 0.200. The zero-order chi connectivity index (χ0) is 10.1. The van der Waals surface area contributed by atoms with Crippen molar-refractivity contribution in [2.75, 3.05) is 0 Å². The molecule has 0 fully saturated rings. The number of hydrogen-bond acceptors (Lipinski definition) is 0. The maximum Gasteiger partial charge on any atom is 0.0460 e. The van der Waals surface area contributed by atoms with Gasteiger partial charge in [0, 0.05) is 32.3 Å². The molecule has 74 valence electrons. The quantitative estimate of drug-likeness (QED) is 0.770. The summed E-state index contributed by atoms with van der Waals surface area (Å²) in [5.74, 6) is 0. The van der Waals surface area contributed by atoms with Crippen LogP contribution in [0.4, 0.5) is 0 Å². The molecule has 1 aromatic heterocycles. The van der Waals surface area contributed by atoms with Crippen LogP contribution in [-0.4, -0.2) is 4.98 Å². The predicted octanol–water partition coefficient (Wildman–Crippen LogP) is 4.61. The summed E-state index contributed by atoms with van der Waals surface area (Å²) in [6.45, 7) is 0. The van der Waals surface area contributed by atoms with E-state index in [0.29, 0.717) is 0 Å². The summed E-state index contributed by atoms with van der Waals surface area (Å²) in [5.41, 5.74) is 3.62. The minimum atomic E-state index is 0.778. The first kappa shape index (κ1) is 10.5. The molecule has 0 atom stereocenters. The Kier molecular flexibility index (Phi) is 3.20. The molecule has 0 aliphatic rings. The molecule has 0 bridgehead atoms. The summed E-state index contributed by atoms with van der Waals surface area (Å²) in [5, 5.41) is 3.65. The molecule has 0 unspecified atom stereocenters. The van der Waals surface area contributed by atoms with E-state index in [4.69, 9.17) is 11.6 Å². The largest absolute Gasteiger partial charge is 0.357 e. The number of fused-ring (bicyclic) bond motifs is 1. The smallest absolute Gasteiger partial charge is 0.0460 e.